The van der Waals surface area contributed by atoms with Crippen molar-refractivity contribution in [3.8, 4) is 0 Å². The first-order chi connectivity index (χ1) is 13.7. The smallest absolute Gasteiger partial charge is 0.346 e. The van der Waals surface area contributed by atoms with Crippen LogP contribution in [0.1, 0.15) is 27.2 Å². The van der Waals surface area contributed by atoms with Crippen molar-refractivity contribution in [2.75, 3.05) is 0 Å². The minimum absolute atomic E-state index is 0.0951. The highest BCUT2D eigenvalue weighted by Crippen LogP contribution is 2.29. The van der Waals surface area contributed by atoms with Crippen LogP contribution in [0.25, 0.3) is 0 Å². The van der Waals surface area contributed by atoms with E-state index in [1.807, 2.05) is 0 Å². The average Bonchev–Trinajstić information content (AvgIpc) is 3.06. The van der Waals surface area contributed by atoms with Crippen LogP contribution in [0.3, 0.4) is 0 Å². The fourth-order valence-corrected chi connectivity index (χ4v) is 2.27. The summed E-state index contributed by atoms with van der Waals surface area (Å²) in [6.07, 6.45) is -3.18. The van der Waals surface area contributed by atoms with E-state index < -0.39 is 34.7 Å². The molecule has 1 aromatic heterocycles. The van der Waals surface area contributed by atoms with Gasteiger partial charge >= 0.3 is 11.7 Å². The summed E-state index contributed by atoms with van der Waals surface area (Å²) in [5.41, 5.74) is -1.17. The largest absolute Gasteiger partial charge is 0.416 e. The monoisotopic (exact) mass is 407 g/mol. The summed E-state index contributed by atoms with van der Waals surface area (Å²) in [5.74, 6) is -1.24. The van der Waals surface area contributed by atoms with Gasteiger partial charge in [-0.3, -0.25) is 9.59 Å². The number of carbonyl (C=O) groups is 1. The summed E-state index contributed by atoms with van der Waals surface area (Å²) in [7, 11) is 0. The van der Waals surface area contributed by atoms with Gasteiger partial charge in [-0.15, -0.1) is 9.89 Å². The molecule has 0 bridgehead atoms. The van der Waals surface area contributed by atoms with E-state index in [1.54, 1.807) is 0 Å². The first kappa shape index (κ1) is 20.0. The zero-order chi connectivity index (χ0) is 21.0. The van der Waals surface area contributed by atoms with Crippen LogP contribution in [0.15, 0.2) is 58.4 Å². The van der Waals surface area contributed by atoms with Crippen molar-refractivity contribution in [2.24, 2.45) is 5.10 Å². The van der Waals surface area contributed by atoms with Gasteiger partial charge in [0.15, 0.2) is 0 Å². The van der Waals surface area contributed by atoms with Crippen LogP contribution >= 0.6 is 0 Å². The normalized spacial score (nSPS) is 11.7. The topological polar surface area (TPSA) is 92.1 Å². The Balaban J connectivity index is 1.64. The third-order valence-corrected chi connectivity index (χ3v) is 3.79. The Morgan fingerprint density at radius 3 is 2.41 bits per heavy atom. The van der Waals surface area contributed by atoms with Crippen molar-refractivity contribution in [1.82, 2.24) is 20.4 Å². The number of halogens is 4. The molecule has 29 heavy (non-hydrogen) atoms. The molecule has 0 atom stereocenters. The standard InChI is InChI=1S/C18H13F4N5O2/c19-14-7-3-12(4-8-14)10-24-27-17(29)15(25-26-27)16(28)23-9-11-1-5-13(6-2-11)18(20,21)22/h1-8,10,26H,9H2,(H,23,28). The van der Waals surface area contributed by atoms with Crippen molar-refractivity contribution in [3.63, 3.8) is 0 Å². The molecule has 2 aromatic carbocycles. The number of aromatic amines is 1. The van der Waals surface area contributed by atoms with Crippen LogP contribution in [0.4, 0.5) is 17.6 Å². The van der Waals surface area contributed by atoms with Gasteiger partial charge in [0.1, 0.15) is 5.82 Å². The predicted molar refractivity (Wildman–Crippen MR) is 94.9 cm³/mol. The Bertz CT molecular complexity index is 1080. The number of hydrogen-bond acceptors (Lipinski definition) is 4. The van der Waals surface area contributed by atoms with Crippen molar-refractivity contribution < 1.29 is 22.4 Å². The zero-order valence-electron chi connectivity index (χ0n) is 14.6. The minimum Gasteiger partial charge on any atom is -0.346 e. The van der Waals surface area contributed by atoms with Gasteiger partial charge in [0.25, 0.3) is 5.91 Å². The second-order valence-electron chi connectivity index (χ2n) is 5.85. The molecule has 0 saturated carbocycles. The molecule has 3 aromatic rings. The number of amides is 1. The van der Waals surface area contributed by atoms with Crippen molar-refractivity contribution in [2.45, 2.75) is 12.7 Å². The highest BCUT2D eigenvalue weighted by Gasteiger charge is 2.29. The number of rotatable bonds is 5. The van der Waals surface area contributed by atoms with Gasteiger partial charge < -0.3 is 5.32 Å². The Morgan fingerprint density at radius 1 is 1.14 bits per heavy atom. The average molecular weight is 407 g/mol. The lowest BCUT2D eigenvalue weighted by atomic mass is 10.1. The SMILES string of the molecule is O=C(NCc1ccc(C(F)(F)F)cc1)c1n[nH]n(N=Cc2ccc(F)cc2)c1=O. The molecule has 1 heterocycles. The lowest BCUT2D eigenvalue weighted by molar-refractivity contribution is -0.137. The summed E-state index contributed by atoms with van der Waals surface area (Å²) in [5, 5.41) is 12.1. The third-order valence-electron chi connectivity index (χ3n) is 3.79. The Labute approximate surface area is 160 Å². The molecule has 1 amide bonds. The highest BCUT2D eigenvalue weighted by atomic mass is 19.4. The van der Waals surface area contributed by atoms with Crippen molar-refractivity contribution >= 4 is 12.1 Å². The maximum Gasteiger partial charge on any atom is 0.416 e. The number of H-pyrrole nitrogens is 1. The quantitative estimate of drug-likeness (QED) is 0.503. The molecule has 0 aliphatic rings. The molecule has 2 N–H and O–H groups in total. The molecule has 11 heteroatoms. The molecule has 150 valence electrons. The van der Waals surface area contributed by atoms with Crippen LogP contribution < -0.4 is 10.9 Å². The molecule has 3 rings (SSSR count). The maximum absolute atomic E-state index is 12.9. The number of nitrogens with zero attached hydrogens (tertiary/aromatic N) is 3. The number of aromatic nitrogens is 3. The second kappa shape index (κ2) is 8.09. The molecule has 0 spiro atoms. The predicted octanol–water partition coefficient (Wildman–Crippen LogP) is 2.54. The van der Waals surface area contributed by atoms with Crippen LogP contribution in [0.5, 0.6) is 0 Å². The lowest BCUT2D eigenvalue weighted by Gasteiger charge is -2.08. The van der Waals surface area contributed by atoms with Gasteiger partial charge in [-0.2, -0.15) is 23.5 Å². The maximum atomic E-state index is 12.9. The first-order valence-electron chi connectivity index (χ1n) is 8.16. The molecular formula is C18H13F4N5O2. The summed E-state index contributed by atoms with van der Waals surface area (Å²) in [4.78, 5) is 25.0. The molecular weight excluding hydrogens is 394 g/mol. The number of benzene rings is 2. The van der Waals surface area contributed by atoms with E-state index >= 15 is 0 Å². The van der Waals surface area contributed by atoms with Gasteiger partial charge in [-0.1, -0.05) is 24.3 Å². The van der Waals surface area contributed by atoms with E-state index in [0.29, 0.717) is 11.1 Å². The molecule has 0 saturated heterocycles. The van der Waals surface area contributed by atoms with Gasteiger partial charge in [0.2, 0.25) is 5.69 Å². The van der Waals surface area contributed by atoms with Crippen LogP contribution in [0.2, 0.25) is 0 Å². The zero-order valence-corrected chi connectivity index (χ0v) is 14.6. The number of nitrogens with one attached hydrogen (secondary N) is 2. The highest BCUT2D eigenvalue weighted by molar-refractivity contribution is 5.91. The Kier molecular flexibility index (Phi) is 5.57. The molecule has 0 fully saturated rings. The van der Waals surface area contributed by atoms with E-state index in [0.717, 1.165) is 16.9 Å². The fourth-order valence-electron chi connectivity index (χ4n) is 2.27. The number of alkyl halides is 3. The van der Waals surface area contributed by atoms with Crippen LogP contribution in [0, 0.1) is 5.82 Å². The van der Waals surface area contributed by atoms with Gasteiger partial charge in [0, 0.05) is 6.54 Å². The van der Waals surface area contributed by atoms with E-state index in [1.165, 1.54) is 42.6 Å². The molecule has 0 radical (unpaired) electrons. The van der Waals surface area contributed by atoms with Crippen LogP contribution in [-0.4, -0.2) is 27.2 Å². The minimum atomic E-state index is -4.45. The first-order valence-corrected chi connectivity index (χ1v) is 8.16. The fraction of sp³-hybridized carbons (Fsp3) is 0.111. The molecule has 0 aliphatic heterocycles. The Hall–Kier alpha value is -3.76. The molecule has 0 aliphatic carbocycles. The van der Waals surface area contributed by atoms with E-state index in [-0.39, 0.29) is 6.54 Å². The summed E-state index contributed by atoms with van der Waals surface area (Å²) >= 11 is 0. The van der Waals surface area contributed by atoms with Gasteiger partial charge in [-0.25, -0.2) is 4.39 Å². The number of hydrogen-bond donors (Lipinski definition) is 2. The number of carbonyl (C=O) groups excluding carboxylic acids is 1. The van der Waals surface area contributed by atoms with Gasteiger partial charge in [-0.05, 0) is 35.4 Å². The summed E-state index contributed by atoms with van der Waals surface area (Å²) in [6.45, 7) is -0.0951. The molecule has 0 unspecified atom stereocenters. The van der Waals surface area contributed by atoms with E-state index in [4.69, 9.17) is 0 Å². The Morgan fingerprint density at radius 2 is 1.79 bits per heavy atom. The second-order valence-corrected chi connectivity index (χ2v) is 5.85. The molecule has 7 nitrogen and oxygen atoms in total. The van der Waals surface area contributed by atoms with E-state index in [9.17, 15) is 27.2 Å². The van der Waals surface area contributed by atoms with Crippen molar-refractivity contribution in [3.05, 3.63) is 87.1 Å². The summed E-state index contributed by atoms with van der Waals surface area (Å²) in [6, 6.07) is 9.56. The van der Waals surface area contributed by atoms with E-state index in [2.05, 4.69) is 20.7 Å². The van der Waals surface area contributed by atoms with Crippen molar-refractivity contribution in [1.29, 1.82) is 0 Å². The third kappa shape index (κ3) is 4.94. The van der Waals surface area contributed by atoms with Crippen LogP contribution in [-0.2, 0) is 12.7 Å². The lowest BCUT2D eigenvalue weighted by Crippen LogP contribution is -2.29. The van der Waals surface area contributed by atoms with Gasteiger partial charge in [0.05, 0.1) is 11.8 Å². The summed E-state index contributed by atoms with van der Waals surface area (Å²) < 4.78 is 50.5.